The third-order valence-electron chi connectivity index (χ3n) is 5.80. The summed E-state index contributed by atoms with van der Waals surface area (Å²) in [4.78, 5) is 37.1. The number of amides is 2. The van der Waals surface area contributed by atoms with Crippen LogP contribution in [0, 0.1) is 0 Å². The second-order valence-corrected chi connectivity index (χ2v) is 7.73. The van der Waals surface area contributed by atoms with Crippen molar-refractivity contribution in [2.75, 3.05) is 33.4 Å². The molecule has 1 spiro atoms. The first-order chi connectivity index (χ1) is 13.5. The number of fused-ring (bicyclic) bond motifs is 2. The zero-order valence-electron chi connectivity index (χ0n) is 15.8. The van der Waals surface area contributed by atoms with E-state index < -0.39 is 5.54 Å². The number of piperidine rings is 1. The minimum atomic E-state index is -0.486. The minimum absolute atomic E-state index is 0.0145. The summed E-state index contributed by atoms with van der Waals surface area (Å²) in [7, 11) is 1.53. The molecule has 7 nitrogen and oxygen atoms in total. The van der Waals surface area contributed by atoms with Crippen LogP contribution < -0.4 is 0 Å². The number of rotatable bonds is 3. The summed E-state index contributed by atoms with van der Waals surface area (Å²) in [5, 5.41) is 0.606. The number of methoxy groups -OCH3 is 1. The van der Waals surface area contributed by atoms with Gasteiger partial charge in [0.05, 0.1) is 17.6 Å². The van der Waals surface area contributed by atoms with E-state index in [1.54, 1.807) is 30.6 Å². The molecule has 28 heavy (non-hydrogen) atoms. The fourth-order valence-electron chi connectivity index (χ4n) is 4.40. The predicted molar refractivity (Wildman–Crippen MR) is 104 cm³/mol. The van der Waals surface area contributed by atoms with Gasteiger partial charge in [-0.05, 0) is 37.1 Å². The Morgan fingerprint density at radius 1 is 1.21 bits per heavy atom. The van der Waals surface area contributed by atoms with Crippen molar-refractivity contribution in [3.63, 3.8) is 0 Å². The van der Waals surface area contributed by atoms with Crippen LogP contribution in [0.15, 0.2) is 30.6 Å². The topological polar surface area (TPSA) is 78.5 Å². The number of benzene rings is 1. The SMILES string of the molecule is COCC(=O)N1CCc2[nH]cnc2C12CCN(C(=O)c1ccc(Cl)cc1)CC2. The average Bonchev–Trinajstić information content (AvgIpc) is 3.19. The van der Waals surface area contributed by atoms with Gasteiger partial charge in [-0.2, -0.15) is 0 Å². The number of aromatic nitrogens is 2. The third-order valence-corrected chi connectivity index (χ3v) is 6.05. The van der Waals surface area contributed by atoms with E-state index in [0.717, 1.165) is 17.8 Å². The molecular weight excluding hydrogens is 380 g/mol. The fourth-order valence-corrected chi connectivity index (χ4v) is 4.53. The standard InChI is InChI=1S/C20H23ClN4O3/c1-28-12-17(26)25-9-6-16-18(23-13-22-16)20(25)7-10-24(11-8-20)19(27)14-2-4-15(21)5-3-14/h2-5,13H,6-12H2,1H3,(H,22,23). The second-order valence-electron chi connectivity index (χ2n) is 7.29. The van der Waals surface area contributed by atoms with Crippen molar-refractivity contribution in [3.05, 3.63) is 52.6 Å². The summed E-state index contributed by atoms with van der Waals surface area (Å²) in [5.41, 5.74) is 2.15. The summed E-state index contributed by atoms with van der Waals surface area (Å²) in [6.07, 6.45) is 3.75. The van der Waals surface area contributed by atoms with Crippen molar-refractivity contribution in [3.8, 4) is 0 Å². The maximum Gasteiger partial charge on any atom is 0.253 e. The molecule has 2 aliphatic rings. The summed E-state index contributed by atoms with van der Waals surface area (Å²) < 4.78 is 5.09. The van der Waals surface area contributed by atoms with Gasteiger partial charge in [-0.15, -0.1) is 0 Å². The number of carbonyl (C=O) groups excluding carboxylic acids is 2. The first-order valence-corrected chi connectivity index (χ1v) is 9.80. The number of ether oxygens (including phenoxy) is 1. The summed E-state index contributed by atoms with van der Waals surface area (Å²) in [5.74, 6) is -0.0482. The lowest BCUT2D eigenvalue weighted by Crippen LogP contribution is -2.59. The Labute approximate surface area is 168 Å². The van der Waals surface area contributed by atoms with Gasteiger partial charge in [0.1, 0.15) is 6.61 Å². The van der Waals surface area contributed by atoms with E-state index in [4.69, 9.17) is 16.3 Å². The van der Waals surface area contributed by atoms with Gasteiger partial charge < -0.3 is 19.5 Å². The number of likely N-dealkylation sites (tertiary alicyclic amines) is 1. The molecule has 1 fully saturated rings. The molecule has 1 saturated heterocycles. The number of H-pyrrole nitrogens is 1. The lowest BCUT2D eigenvalue weighted by atomic mass is 9.78. The lowest BCUT2D eigenvalue weighted by Gasteiger charge is -2.50. The van der Waals surface area contributed by atoms with E-state index in [1.165, 1.54) is 7.11 Å². The molecule has 0 atom stereocenters. The summed E-state index contributed by atoms with van der Waals surface area (Å²) in [6, 6.07) is 6.94. The number of hydrogen-bond acceptors (Lipinski definition) is 4. The van der Waals surface area contributed by atoms with Crippen LogP contribution in [-0.2, 0) is 21.5 Å². The Morgan fingerprint density at radius 2 is 1.93 bits per heavy atom. The van der Waals surface area contributed by atoms with E-state index in [-0.39, 0.29) is 18.4 Å². The number of carbonyl (C=O) groups is 2. The van der Waals surface area contributed by atoms with E-state index in [2.05, 4.69) is 9.97 Å². The number of halogens is 1. The number of hydrogen-bond donors (Lipinski definition) is 1. The van der Waals surface area contributed by atoms with Crippen molar-refractivity contribution in [1.29, 1.82) is 0 Å². The van der Waals surface area contributed by atoms with E-state index in [9.17, 15) is 9.59 Å². The zero-order valence-corrected chi connectivity index (χ0v) is 16.5. The molecular formula is C20H23ClN4O3. The maximum atomic E-state index is 12.9. The van der Waals surface area contributed by atoms with Crippen LogP contribution in [0.4, 0.5) is 0 Å². The van der Waals surface area contributed by atoms with Crippen molar-refractivity contribution < 1.29 is 14.3 Å². The van der Waals surface area contributed by atoms with E-state index >= 15 is 0 Å². The smallest absolute Gasteiger partial charge is 0.253 e. The molecule has 3 heterocycles. The number of nitrogens with zero attached hydrogens (tertiary/aromatic N) is 3. The highest BCUT2D eigenvalue weighted by molar-refractivity contribution is 6.30. The van der Waals surface area contributed by atoms with Gasteiger partial charge >= 0.3 is 0 Å². The highest BCUT2D eigenvalue weighted by Gasteiger charge is 2.49. The number of nitrogens with one attached hydrogen (secondary N) is 1. The van der Waals surface area contributed by atoms with Crippen molar-refractivity contribution in [1.82, 2.24) is 19.8 Å². The Balaban J connectivity index is 1.57. The largest absolute Gasteiger partial charge is 0.375 e. The molecule has 2 aliphatic heterocycles. The molecule has 148 valence electrons. The number of aromatic amines is 1. The zero-order chi connectivity index (χ0) is 19.7. The maximum absolute atomic E-state index is 12.9. The molecule has 0 aliphatic carbocycles. The molecule has 0 radical (unpaired) electrons. The average molecular weight is 403 g/mol. The highest BCUT2D eigenvalue weighted by Crippen LogP contribution is 2.42. The first kappa shape index (κ1) is 19.0. The molecule has 0 bridgehead atoms. The summed E-state index contributed by atoms with van der Waals surface area (Å²) >= 11 is 5.93. The van der Waals surface area contributed by atoms with Gasteiger partial charge in [0.2, 0.25) is 5.91 Å². The molecule has 0 unspecified atom stereocenters. The van der Waals surface area contributed by atoms with Gasteiger partial charge in [-0.1, -0.05) is 11.6 Å². The van der Waals surface area contributed by atoms with Crippen LogP contribution >= 0.6 is 11.6 Å². The lowest BCUT2D eigenvalue weighted by molar-refractivity contribution is -0.145. The van der Waals surface area contributed by atoms with Crippen LogP contribution in [0.1, 0.15) is 34.6 Å². The van der Waals surface area contributed by atoms with Crippen LogP contribution in [-0.4, -0.2) is 64.9 Å². The Bertz CT molecular complexity index is 872. The van der Waals surface area contributed by atoms with Gasteiger partial charge in [0, 0.05) is 49.4 Å². The van der Waals surface area contributed by atoms with Crippen LogP contribution in [0.3, 0.4) is 0 Å². The molecule has 2 aromatic rings. The van der Waals surface area contributed by atoms with Gasteiger partial charge in [-0.25, -0.2) is 4.98 Å². The molecule has 1 aromatic carbocycles. The predicted octanol–water partition coefficient (Wildman–Crippen LogP) is 2.23. The van der Waals surface area contributed by atoms with Crippen molar-refractivity contribution in [2.45, 2.75) is 24.8 Å². The molecule has 2 amide bonds. The molecule has 4 rings (SSSR count). The highest BCUT2D eigenvalue weighted by atomic mass is 35.5. The minimum Gasteiger partial charge on any atom is -0.375 e. The van der Waals surface area contributed by atoms with Crippen LogP contribution in [0.2, 0.25) is 5.02 Å². The second kappa shape index (κ2) is 7.56. The Hall–Kier alpha value is -2.38. The van der Waals surface area contributed by atoms with Crippen LogP contribution in [0.25, 0.3) is 0 Å². The summed E-state index contributed by atoms with van der Waals surface area (Å²) in [6.45, 7) is 1.80. The monoisotopic (exact) mass is 402 g/mol. The fraction of sp³-hybridized carbons (Fsp3) is 0.450. The molecule has 0 saturated carbocycles. The normalized spacial score (nSPS) is 18.2. The van der Waals surface area contributed by atoms with Crippen molar-refractivity contribution in [2.24, 2.45) is 0 Å². The van der Waals surface area contributed by atoms with Gasteiger partial charge in [0.15, 0.2) is 0 Å². The molecule has 1 aromatic heterocycles. The Kier molecular flexibility index (Phi) is 5.12. The number of imidazole rings is 1. The quantitative estimate of drug-likeness (QED) is 0.853. The van der Waals surface area contributed by atoms with Crippen LogP contribution in [0.5, 0.6) is 0 Å². The van der Waals surface area contributed by atoms with Gasteiger partial charge in [0.25, 0.3) is 5.91 Å². The molecule has 8 heteroatoms. The van der Waals surface area contributed by atoms with Gasteiger partial charge in [-0.3, -0.25) is 9.59 Å². The van der Waals surface area contributed by atoms with E-state index in [1.807, 2.05) is 9.80 Å². The van der Waals surface area contributed by atoms with E-state index in [0.29, 0.717) is 43.1 Å². The third kappa shape index (κ3) is 3.18. The Morgan fingerprint density at radius 3 is 2.61 bits per heavy atom. The van der Waals surface area contributed by atoms with Crippen molar-refractivity contribution >= 4 is 23.4 Å². The first-order valence-electron chi connectivity index (χ1n) is 9.42. The molecule has 1 N–H and O–H groups in total.